The van der Waals surface area contributed by atoms with Crippen LogP contribution in [0.15, 0.2) is 9.59 Å². The second kappa shape index (κ2) is 5.00. The maximum Gasteiger partial charge on any atom is 0.332 e. The highest BCUT2D eigenvalue weighted by atomic mass is 16.2. The number of hydrogen-bond donors (Lipinski definition) is 1. The van der Waals surface area contributed by atoms with Crippen molar-refractivity contribution in [2.45, 2.75) is 33.4 Å². The van der Waals surface area contributed by atoms with Crippen LogP contribution in [0.5, 0.6) is 0 Å². The Morgan fingerprint density at radius 3 is 2.32 bits per heavy atom. The summed E-state index contributed by atoms with van der Waals surface area (Å²) in [5.74, 6) is 0.755. The first-order chi connectivity index (χ1) is 9.06. The van der Waals surface area contributed by atoms with Gasteiger partial charge in [-0.1, -0.05) is 0 Å². The zero-order valence-corrected chi connectivity index (χ0v) is 11.5. The zero-order valence-electron chi connectivity index (χ0n) is 11.5. The largest absolute Gasteiger partial charge is 0.332 e. The van der Waals surface area contributed by atoms with Gasteiger partial charge in [0.05, 0.1) is 0 Å². The van der Waals surface area contributed by atoms with Crippen molar-refractivity contribution in [1.82, 2.24) is 18.7 Å². The number of imidazole rings is 1. The van der Waals surface area contributed by atoms with Crippen molar-refractivity contribution in [3.63, 3.8) is 0 Å². The molecule has 2 heterocycles. The van der Waals surface area contributed by atoms with Crippen molar-refractivity contribution in [3.05, 3.63) is 26.7 Å². The van der Waals surface area contributed by atoms with Crippen LogP contribution in [0.25, 0.3) is 11.2 Å². The second-order valence-electron chi connectivity index (χ2n) is 4.37. The molecule has 0 atom stereocenters. The standard InChI is InChI=1S/C12H19N5O2/c1-4-16-8(6-7-13)14-10-9(16)11(18)15(3)12(19)17(10)5-2/h4-7,13H2,1-3H3. The fraction of sp³-hybridized carbons (Fsp3) is 0.583. The third kappa shape index (κ3) is 1.90. The number of aromatic nitrogens is 4. The molecular weight excluding hydrogens is 246 g/mol. The Bertz CT molecular complexity index is 722. The van der Waals surface area contributed by atoms with E-state index in [0.29, 0.717) is 37.2 Å². The summed E-state index contributed by atoms with van der Waals surface area (Å²) in [6.07, 6.45) is 0.587. The van der Waals surface area contributed by atoms with Gasteiger partial charge < -0.3 is 10.3 Å². The lowest BCUT2D eigenvalue weighted by atomic mass is 10.4. The molecular formula is C12H19N5O2. The lowest BCUT2D eigenvalue weighted by Gasteiger charge is -2.07. The van der Waals surface area contributed by atoms with Crippen molar-refractivity contribution in [2.75, 3.05) is 6.54 Å². The number of rotatable bonds is 4. The third-order valence-corrected chi connectivity index (χ3v) is 3.31. The van der Waals surface area contributed by atoms with Crippen molar-refractivity contribution in [1.29, 1.82) is 0 Å². The van der Waals surface area contributed by atoms with Gasteiger partial charge in [-0.05, 0) is 20.4 Å². The normalized spacial score (nSPS) is 11.4. The molecule has 0 saturated heterocycles. The van der Waals surface area contributed by atoms with Crippen LogP contribution in [0, 0.1) is 0 Å². The van der Waals surface area contributed by atoms with Crippen LogP contribution in [0.3, 0.4) is 0 Å². The third-order valence-electron chi connectivity index (χ3n) is 3.31. The highest BCUT2D eigenvalue weighted by Crippen LogP contribution is 2.11. The molecule has 19 heavy (non-hydrogen) atoms. The second-order valence-corrected chi connectivity index (χ2v) is 4.37. The summed E-state index contributed by atoms with van der Waals surface area (Å²) >= 11 is 0. The first kappa shape index (κ1) is 13.5. The quantitative estimate of drug-likeness (QED) is 0.802. The smallest absolute Gasteiger partial charge is 0.330 e. The lowest BCUT2D eigenvalue weighted by Crippen LogP contribution is -2.38. The van der Waals surface area contributed by atoms with E-state index in [4.69, 9.17) is 5.73 Å². The van der Waals surface area contributed by atoms with Crippen LogP contribution in [-0.4, -0.2) is 25.2 Å². The van der Waals surface area contributed by atoms with E-state index in [1.807, 2.05) is 18.4 Å². The summed E-state index contributed by atoms with van der Waals surface area (Å²) in [6.45, 7) is 5.37. The van der Waals surface area contributed by atoms with Crippen molar-refractivity contribution in [2.24, 2.45) is 12.8 Å². The van der Waals surface area contributed by atoms with E-state index in [1.54, 1.807) is 0 Å². The molecule has 7 heteroatoms. The molecule has 0 aliphatic rings. The molecule has 0 aliphatic carbocycles. The molecule has 2 N–H and O–H groups in total. The van der Waals surface area contributed by atoms with Crippen LogP contribution in [0.4, 0.5) is 0 Å². The molecule has 0 radical (unpaired) electrons. The SMILES string of the molecule is CCn1c(CCN)nc2c1c(=O)n(C)c(=O)n2CC. The van der Waals surface area contributed by atoms with Gasteiger partial charge in [0.15, 0.2) is 11.2 Å². The molecule has 2 aromatic heterocycles. The average molecular weight is 265 g/mol. The fourth-order valence-corrected chi connectivity index (χ4v) is 2.35. The average Bonchev–Trinajstić information content (AvgIpc) is 2.75. The topological polar surface area (TPSA) is 87.8 Å². The van der Waals surface area contributed by atoms with Gasteiger partial charge in [-0.2, -0.15) is 0 Å². The summed E-state index contributed by atoms with van der Waals surface area (Å²) in [5.41, 5.74) is 5.87. The highest BCUT2D eigenvalue weighted by Gasteiger charge is 2.18. The molecule has 2 rings (SSSR count). The van der Waals surface area contributed by atoms with Crippen molar-refractivity contribution >= 4 is 11.2 Å². The maximum atomic E-state index is 12.3. The Labute approximate surface area is 110 Å². The predicted molar refractivity (Wildman–Crippen MR) is 73.3 cm³/mol. The molecule has 0 amide bonds. The zero-order chi connectivity index (χ0) is 14.2. The molecule has 7 nitrogen and oxygen atoms in total. The number of nitrogens with zero attached hydrogens (tertiary/aromatic N) is 4. The van der Waals surface area contributed by atoms with Gasteiger partial charge in [-0.3, -0.25) is 13.9 Å². The minimum Gasteiger partial charge on any atom is -0.330 e. The van der Waals surface area contributed by atoms with Crippen molar-refractivity contribution < 1.29 is 0 Å². The van der Waals surface area contributed by atoms with E-state index in [2.05, 4.69) is 4.98 Å². The predicted octanol–water partition coefficient (Wildman–Crippen LogP) is -0.562. The number of hydrogen-bond acceptors (Lipinski definition) is 4. The molecule has 0 spiro atoms. The molecule has 104 valence electrons. The van der Waals surface area contributed by atoms with E-state index >= 15 is 0 Å². The Morgan fingerprint density at radius 2 is 1.79 bits per heavy atom. The maximum absolute atomic E-state index is 12.3. The molecule has 0 fully saturated rings. The fourth-order valence-electron chi connectivity index (χ4n) is 2.35. The van der Waals surface area contributed by atoms with Crippen LogP contribution in [-0.2, 0) is 26.6 Å². The summed E-state index contributed by atoms with van der Waals surface area (Å²) in [4.78, 5) is 28.8. The minimum absolute atomic E-state index is 0.303. The number of fused-ring (bicyclic) bond motifs is 1. The van der Waals surface area contributed by atoms with Gasteiger partial charge in [0.2, 0.25) is 0 Å². The van der Waals surface area contributed by atoms with Gasteiger partial charge in [-0.15, -0.1) is 0 Å². The van der Waals surface area contributed by atoms with E-state index in [1.165, 1.54) is 11.6 Å². The summed E-state index contributed by atoms with van der Waals surface area (Å²) < 4.78 is 4.49. The number of aryl methyl sites for hydroxylation is 2. The summed E-state index contributed by atoms with van der Waals surface area (Å²) in [5, 5.41) is 0. The van der Waals surface area contributed by atoms with Crippen LogP contribution in [0.1, 0.15) is 19.7 Å². The Hall–Kier alpha value is -1.89. The molecule has 0 aliphatic heterocycles. The Balaban J connectivity index is 2.98. The highest BCUT2D eigenvalue weighted by molar-refractivity contribution is 5.71. The van der Waals surface area contributed by atoms with Crippen LogP contribution < -0.4 is 17.0 Å². The molecule has 0 aromatic carbocycles. The van der Waals surface area contributed by atoms with E-state index in [-0.39, 0.29) is 11.2 Å². The Kier molecular flexibility index (Phi) is 3.57. The first-order valence-electron chi connectivity index (χ1n) is 6.45. The van der Waals surface area contributed by atoms with E-state index in [9.17, 15) is 9.59 Å². The Morgan fingerprint density at radius 1 is 1.16 bits per heavy atom. The summed E-state index contributed by atoms with van der Waals surface area (Å²) in [7, 11) is 1.49. The lowest BCUT2D eigenvalue weighted by molar-refractivity contribution is 0.648. The van der Waals surface area contributed by atoms with Crippen LogP contribution in [0.2, 0.25) is 0 Å². The van der Waals surface area contributed by atoms with Gasteiger partial charge in [0.1, 0.15) is 5.82 Å². The molecule has 0 bridgehead atoms. The summed E-state index contributed by atoms with van der Waals surface area (Å²) in [6, 6.07) is 0. The van der Waals surface area contributed by atoms with Gasteiger partial charge in [0.25, 0.3) is 5.56 Å². The monoisotopic (exact) mass is 265 g/mol. The van der Waals surface area contributed by atoms with Crippen molar-refractivity contribution in [3.8, 4) is 0 Å². The van der Waals surface area contributed by atoms with E-state index < -0.39 is 0 Å². The van der Waals surface area contributed by atoms with Gasteiger partial charge in [0, 0.05) is 26.6 Å². The first-order valence-corrected chi connectivity index (χ1v) is 6.45. The molecule has 2 aromatic rings. The molecule has 0 unspecified atom stereocenters. The van der Waals surface area contributed by atoms with Gasteiger partial charge >= 0.3 is 5.69 Å². The van der Waals surface area contributed by atoms with E-state index in [0.717, 1.165) is 10.4 Å². The minimum atomic E-state index is -0.333. The van der Waals surface area contributed by atoms with Crippen LogP contribution >= 0.6 is 0 Å². The molecule has 0 saturated carbocycles. The number of nitrogens with two attached hydrogens (primary N) is 1. The van der Waals surface area contributed by atoms with Gasteiger partial charge in [-0.25, -0.2) is 9.78 Å².